The van der Waals surface area contributed by atoms with Crippen molar-refractivity contribution in [3.05, 3.63) is 35.6 Å². The zero-order chi connectivity index (χ0) is 17.0. The summed E-state index contributed by atoms with van der Waals surface area (Å²) in [5, 5.41) is 2.62. The number of piperazine rings is 1. The van der Waals surface area contributed by atoms with E-state index in [-0.39, 0.29) is 18.2 Å². The molecule has 0 spiro atoms. The second-order valence-electron chi connectivity index (χ2n) is 6.07. The zero-order valence-corrected chi connectivity index (χ0v) is 13.9. The van der Waals surface area contributed by atoms with Gasteiger partial charge in [0.25, 0.3) is 0 Å². The predicted molar refractivity (Wildman–Crippen MR) is 86.4 cm³/mol. The quantitative estimate of drug-likeness (QED) is 0.901. The van der Waals surface area contributed by atoms with Crippen molar-refractivity contribution in [2.45, 2.75) is 32.4 Å². The minimum Gasteiger partial charge on any atom is -0.357 e. The summed E-state index contributed by atoms with van der Waals surface area (Å²) in [5.74, 6) is -0.789. The third-order valence-electron chi connectivity index (χ3n) is 4.31. The van der Waals surface area contributed by atoms with E-state index in [1.54, 1.807) is 30.1 Å². The maximum atomic E-state index is 13.7. The molecular weight excluding hydrogens is 297 g/mol. The summed E-state index contributed by atoms with van der Waals surface area (Å²) in [4.78, 5) is 28.5. The lowest BCUT2D eigenvalue weighted by Crippen LogP contribution is -2.61. The Bertz CT molecular complexity index is 577. The Morgan fingerprint density at radius 2 is 2.00 bits per heavy atom. The molecule has 1 saturated heterocycles. The van der Waals surface area contributed by atoms with Crippen molar-refractivity contribution in [3.63, 3.8) is 0 Å². The molecule has 1 heterocycles. The third-order valence-corrected chi connectivity index (χ3v) is 4.31. The van der Waals surface area contributed by atoms with Gasteiger partial charge in [-0.15, -0.1) is 0 Å². The van der Waals surface area contributed by atoms with Gasteiger partial charge in [-0.25, -0.2) is 4.39 Å². The first-order valence-electron chi connectivity index (χ1n) is 7.92. The standard InChI is InChI=1S/C17H24FN3O2/c1-12(2)20-8-9-21(15(11-20)17(23)19-3)16(22)10-13-6-4-5-7-14(13)18/h4-7,12,15H,8-11H2,1-3H3,(H,19,23)/t15-/m1/s1. The molecule has 126 valence electrons. The summed E-state index contributed by atoms with van der Waals surface area (Å²) >= 11 is 0. The number of nitrogens with one attached hydrogen (secondary N) is 1. The average Bonchev–Trinajstić information content (AvgIpc) is 2.55. The molecule has 0 bridgehead atoms. The first kappa shape index (κ1) is 17.4. The van der Waals surface area contributed by atoms with Gasteiger partial charge in [-0.3, -0.25) is 14.5 Å². The van der Waals surface area contributed by atoms with Gasteiger partial charge in [-0.1, -0.05) is 18.2 Å². The van der Waals surface area contributed by atoms with Crippen LogP contribution in [0.5, 0.6) is 0 Å². The molecule has 0 aliphatic carbocycles. The number of rotatable bonds is 4. The summed E-state index contributed by atoms with van der Waals surface area (Å²) in [7, 11) is 1.57. The van der Waals surface area contributed by atoms with Gasteiger partial charge >= 0.3 is 0 Å². The maximum Gasteiger partial charge on any atom is 0.243 e. The van der Waals surface area contributed by atoms with Crippen LogP contribution in [0.4, 0.5) is 4.39 Å². The molecule has 0 radical (unpaired) electrons. The summed E-state index contributed by atoms with van der Waals surface area (Å²) in [6, 6.07) is 6.03. The van der Waals surface area contributed by atoms with Crippen LogP contribution in [0, 0.1) is 5.82 Å². The molecule has 2 amide bonds. The zero-order valence-electron chi connectivity index (χ0n) is 13.9. The summed E-state index contributed by atoms with van der Waals surface area (Å²) < 4.78 is 13.7. The van der Waals surface area contributed by atoms with Gasteiger partial charge in [0.1, 0.15) is 11.9 Å². The minimum absolute atomic E-state index is 0.0259. The highest BCUT2D eigenvalue weighted by Gasteiger charge is 2.35. The molecule has 0 unspecified atom stereocenters. The van der Waals surface area contributed by atoms with Crippen molar-refractivity contribution in [1.29, 1.82) is 0 Å². The van der Waals surface area contributed by atoms with Crippen LogP contribution in [0.1, 0.15) is 19.4 Å². The molecule has 1 aromatic rings. The molecule has 1 aromatic carbocycles. The van der Waals surface area contributed by atoms with Gasteiger partial charge in [0.15, 0.2) is 0 Å². The highest BCUT2D eigenvalue weighted by atomic mass is 19.1. The topological polar surface area (TPSA) is 52.7 Å². The molecule has 1 atom stereocenters. The van der Waals surface area contributed by atoms with Gasteiger partial charge in [0.05, 0.1) is 6.42 Å². The van der Waals surface area contributed by atoms with Crippen LogP contribution in [0.2, 0.25) is 0 Å². The number of likely N-dealkylation sites (N-methyl/N-ethyl adjacent to an activating group) is 1. The van der Waals surface area contributed by atoms with Crippen LogP contribution in [0.3, 0.4) is 0 Å². The lowest BCUT2D eigenvalue weighted by molar-refractivity contribution is -0.143. The lowest BCUT2D eigenvalue weighted by Gasteiger charge is -2.42. The van der Waals surface area contributed by atoms with Crippen molar-refractivity contribution in [2.24, 2.45) is 0 Å². The summed E-state index contributed by atoms with van der Waals surface area (Å²) in [6.45, 7) is 5.83. The lowest BCUT2D eigenvalue weighted by atomic mass is 10.1. The van der Waals surface area contributed by atoms with E-state index in [1.807, 2.05) is 0 Å². The molecule has 5 nitrogen and oxygen atoms in total. The molecule has 1 fully saturated rings. The Hall–Kier alpha value is -1.95. The highest BCUT2D eigenvalue weighted by Crippen LogP contribution is 2.16. The van der Waals surface area contributed by atoms with Crippen molar-refractivity contribution in [1.82, 2.24) is 15.1 Å². The number of carbonyl (C=O) groups excluding carboxylic acids is 2. The molecule has 1 aliphatic heterocycles. The van der Waals surface area contributed by atoms with Crippen LogP contribution in [-0.4, -0.2) is 60.4 Å². The van der Waals surface area contributed by atoms with Crippen LogP contribution in [-0.2, 0) is 16.0 Å². The number of benzene rings is 1. The molecule has 0 aromatic heterocycles. The monoisotopic (exact) mass is 321 g/mol. The highest BCUT2D eigenvalue weighted by molar-refractivity contribution is 5.88. The molecule has 2 rings (SSSR count). The smallest absolute Gasteiger partial charge is 0.243 e. The Morgan fingerprint density at radius 1 is 1.30 bits per heavy atom. The molecule has 6 heteroatoms. The van der Waals surface area contributed by atoms with Crippen LogP contribution >= 0.6 is 0 Å². The van der Waals surface area contributed by atoms with Gasteiger partial charge in [0, 0.05) is 32.7 Å². The first-order valence-corrected chi connectivity index (χ1v) is 7.92. The van der Waals surface area contributed by atoms with Crippen LogP contribution < -0.4 is 5.32 Å². The Kier molecular flexibility index (Phi) is 5.71. The molecule has 1 aliphatic rings. The fourth-order valence-electron chi connectivity index (χ4n) is 2.87. The molecular formula is C17H24FN3O2. The number of nitrogens with zero attached hydrogens (tertiary/aromatic N) is 2. The van der Waals surface area contributed by atoms with Crippen molar-refractivity contribution in [3.8, 4) is 0 Å². The van der Waals surface area contributed by atoms with E-state index in [1.165, 1.54) is 6.07 Å². The normalized spacial score (nSPS) is 19.0. The number of halogens is 1. The van der Waals surface area contributed by atoms with E-state index >= 15 is 0 Å². The maximum absolute atomic E-state index is 13.7. The van der Waals surface area contributed by atoms with Crippen molar-refractivity contribution >= 4 is 11.8 Å². The summed E-state index contributed by atoms with van der Waals surface area (Å²) in [5.41, 5.74) is 0.361. The fourth-order valence-corrected chi connectivity index (χ4v) is 2.87. The van der Waals surface area contributed by atoms with Crippen LogP contribution in [0.25, 0.3) is 0 Å². The molecule has 0 saturated carbocycles. The SMILES string of the molecule is CNC(=O)[C@H]1CN(C(C)C)CCN1C(=O)Cc1ccccc1F. The van der Waals surface area contributed by atoms with E-state index in [2.05, 4.69) is 24.1 Å². The third kappa shape index (κ3) is 4.07. The molecule has 1 N–H and O–H groups in total. The van der Waals surface area contributed by atoms with Gasteiger partial charge in [-0.05, 0) is 25.5 Å². The number of hydrogen-bond acceptors (Lipinski definition) is 3. The first-order chi connectivity index (χ1) is 10.9. The molecule has 23 heavy (non-hydrogen) atoms. The van der Waals surface area contributed by atoms with Crippen molar-refractivity contribution in [2.75, 3.05) is 26.7 Å². The van der Waals surface area contributed by atoms with Crippen LogP contribution in [0.15, 0.2) is 24.3 Å². The van der Waals surface area contributed by atoms with E-state index in [9.17, 15) is 14.0 Å². The Labute approximate surface area is 136 Å². The van der Waals surface area contributed by atoms with E-state index in [4.69, 9.17) is 0 Å². The summed E-state index contributed by atoms with van der Waals surface area (Å²) in [6.07, 6.45) is -0.0259. The Morgan fingerprint density at radius 3 is 2.61 bits per heavy atom. The van der Waals surface area contributed by atoms with E-state index in [0.29, 0.717) is 31.2 Å². The number of hydrogen-bond donors (Lipinski definition) is 1. The largest absolute Gasteiger partial charge is 0.357 e. The minimum atomic E-state index is -0.532. The Balaban J connectivity index is 2.14. The second-order valence-corrected chi connectivity index (χ2v) is 6.07. The second kappa shape index (κ2) is 7.55. The van der Waals surface area contributed by atoms with E-state index in [0.717, 1.165) is 0 Å². The number of carbonyl (C=O) groups is 2. The average molecular weight is 321 g/mol. The predicted octanol–water partition coefficient (Wildman–Crippen LogP) is 1.04. The van der Waals surface area contributed by atoms with Crippen molar-refractivity contribution < 1.29 is 14.0 Å². The van der Waals surface area contributed by atoms with Gasteiger partial charge in [0.2, 0.25) is 11.8 Å². The number of amides is 2. The van der Waals surface area contributed by atoms with Gasteiger partial charge in [-0.2, -0.15) is 0 Å². The van der Waals surface area contributed by atoms with E-state index < -0.39 is 11.9 Å². The van der Waals surface area contributed by atoms with Gasteiger partial charge < -0.3 is 10.2 Å². The fraction of sp³-hybridized carbons (Fsp3) is 0.529.